The Morgan fingerprint density at radius 1 is 1.67 bits per heavy atom. The Morgan fingerprint density at radius 3 is 2.93 bits per heavy atom. The van der Waals surface area contributed by atoms with E-state index in [0.29, 0.717) is 13.1 Å². The third kappa shape index (κ3) is 3.36. The third-order valence-corrected chi connectivity index (χ3v) is 2.18. The molecule has 1 heterocycles. The lowest BCUT2D eigenvalue weighted by Gasteiger charge is -2.21. The molecule has 0 aliphatic carbocycles. The largest absolute Gasteiger partial charge is 0.469 e. The summed E-state index contributed by atoms with van der Waals surface area (Å²) in [4.78, 5) is 11.3. The molecule has 15 heavy (non-hydrogen) atoms. The molecule has 0 fully saturated rings. The van der Waals surface area contributed by atoms with Gasteiger partial charge in [-0.3, -0.25) is 9.89 Å². The molecule has 0 spiro atoms. The Morgan fingerprint density at radius 2 is 2.40 bits per heavy atom. The maximum atomic E-state index is 11.3. The van der Waals surface area contributed by atoms with Crippen molar-refractivity contribution in [1.29, 1.82) is 0 Å². The number of hydrogen-bond donors (Lipinski definition) is 2. The van der Waals surface area contributed by atoms with Gasteiger partial charge in [-0.05, 0) is 19.9 Å². The summed E-state index contributed by atoms with van der Waals surface area (Å²) in [5.41, 5.74) is 0.491. The summed E-state index contributed by atoms with van der Waals surface area (Å²) in [6, 6.07) is 1.89. The molecule has 5 nitrogen and oxygen atoms in total. The van der Waals surface area contributed by atoms with Crippen LogP contribution in [0, 0.1) is 5.41 Å². The van der Waals surface area contributed by atoms with Crippen LogP contribution >= 0.6 is 0 Å². The summed E-state index contributed by atoms with van der Waals surface area (Å²) in [6.07, 6.45) is 1.70. The molecule has 0 saturated carbocycles. The summed E-state index contributed by atoms with van der Waals surface area (Å²) < 4.78 is 4.70. The first-order valence-electron chi connectivity index (χ1n) is 4.83. The van der Waals surface area contributed by atoms with E-state index in [1.165, 1.54) is 7.11 Å². The molecule has 84 valence electrons. The number of nitrogens with zero attached hydrogens (tertiary/aromatic N) is 1. The number of aromatic amines is 1. The normalized spacial score (nSPS) is 11.4. The molecule has 0 aliphatic heterocycles. The second kappa shape index (κ2) is 4.93. The van der Waals surface area contributed by atoms with E-state index in [1.54, 1.807) is 6.20 Å². The standard InChI is InChI=1S/C10H17N3O2/c1-10(2,9(14)15-3)7-11-6-8-4-5-12-13-8/h4-5,11H,6-7H2,1-3H3,(H,12,13). The zero-order valence-corrected chi connectivity index (χ0v) is 9.33. The van der Waals surface area contributed by atoms with Crippen molar-refractivity contribution in [2.24, 2.45) is 5.41 Å². The number of hydrogen-bond acceptors (Lipinski definition) is 4. The summed E-state index contributed by atoms with van der Waals surface area (Å²) in [5.74, 6) is -0.209. The molecule has 1 rings (SSSR count). The number of esters is 1. The highest BCUT2D eigenvalue weighted by molar-refractivity contribution is 5.76. The molecule has 0 saturated heterocycles. The van der Waals surface area contributed by atoms with Crippen LogP contribution in [0.25, 0.3) is 0 Å². The fourth-order valence-electron chi connectivity index (χ4n) is 1.24. The molecular formula is C10H17N3O2. The molecule has 0 aromatic carbocycles. The predicted molar refractivity (Wildman–Crippen MR) is 56.1 cm³/mol. The lowest BCUT2D eigenvalue weighted by Crippen LogP contribution is -2.36. The van der Waals surface area contributed by atoms with Crippen LogP contribution in [0.2, 0.25) is 0 Å². The van der Waals surface area contributed by atoms with Gasteiger partial charge in [0.15, 0.2) is 0 Å². The van der Waals surface area contributed by atoms with Gasteiger partial charge in [0.2, 0.25) is 0 Å². The van der Waals surface area contributed by atoms with Gasteiger partial charge in [-0.1, -0.05) is 0 Å². The molecular weight excluding hydrogens is 194 g/mol. The number of ether oxygens (including phenoxy) is 1. The van der Waals surface area contributed by atoms with E-state index in [2.05, 4.69) is 15.5 Å². The summed E-state index contributed by atoms with van der Waals surface area (Å²) in [5, 5.41) is 9.84. The van der Waals surface area contributed by atoms with E-state index < -0.39 is 5.41 Å². The Hall–Kier alpha value is -1.36. The predicted octanol–water partition coefficient (Wildman–Crippen LogP) is 0.698. The SMILES string of the molecule is COC(=O)C(C)(C)CNCc1ccn[nH]1. The summed E-state index contributed by atoms with van der Waals surface area (Å²) >= 11 is 0. The Bertz CT molecular complexity index is 306. The monoisotopic (exact) mass is 211 g/mol. The molecule has 0 atom stereocenters. The van der Waals surface area contributed by atoms with Gasteiger partial charge in [-0.25, -0.2) is 0 Å². The zero-order chi connectivity index (χ0) is 11.3. The second-order valence-corrected chi connectivity index (χ2v) is 4.06. The Kier molecular flexibility index (Phi) is 3.85. The minimum atomic E-state index is -0.505. The third-order valence-electron chi connectivity index (χ3n) is 2.18. The van der Waals surface area contributed by atoms with E-state index in [0.717, 1.165) is 5.69 Å². The Balaban J connectivity index is 2.33. The molecule has 1 aromatic rings. The lowest BCUT2D eigenvalue weighted by atomic mass is 9.94. The number of nitrogens with one attached hydrogen (secondary N) is 2. The van der Waals surface area contributed by atoms with Crippen molar-refractivity contribution in [1.82, 2.24) is 15.5 Å². The van der Waals surface area contributed by atoms with Crippen molar-refractivity contribution in [2.45, 2.75) is 20.4 Å². The van der Waals surface area contributed by atoms with E-state index in [-0.39, 0.29) is 5.97 Å². The molecule has 1 aromatic heterocycles. The molecule has 0 amide bonds. The first-order chi connectivity index (χ1) is 7.06. The van der Waals surface area contributed by atoms with Gasteiger partial charge in [0.25, 0.3) is 0 Å². The van der Waals surface area contributed by atoms with Crippen LogP contribution in [-0.2, 0) is 16.1 Å². The number of rotatable bonds is 5. The van der Waals surface area contributed by atoms with E-state index >= 15 is 0 Å². The maximum absolute atomic E-state index is 11.3. The van der Waals surface area contributed by atoms with Crippen molar-refractivity contribution >= 4 is 5.97 Å². The van der Waals surface area contributed by atoms with Gasteiger partial charge in [-0.15, -0.1) is 0 Å². The average molecular weight is 211 g/mol. The van der Waals surface area contributed by atoms with Crippen LogP contribution in [-0.4, -0.2) is 29.8 Å². The van der Waals surface area contributed by atoms with Gasteiger partial charge in [0.05, 0.1) is 12.5 Å². The smallest absolute Gasteiger partial charge is 0.312 e. The van der Waals surface area contributed by atoms with Crippen LogP contribution in [0.15, 0.2) is 12.3 Å². The van der Waals surface area contributed by atoms with Crippen LogP contribution in [0.5, 0.6) is 0 Å². The van der Waals surface area contributed by atoms with E-state index in [4.69, 9.17) is 4.74 Å². The molecule has 0 aliphatic rings. The van der Waals surface area contributed by atoms with Crippen molar-refractivity contribution < 1.29 is 9.53 Å². The summed E-state index contributed by atoms with van der Waals surface area (Å²) in [7, 11) is 1.40. The van der Waals surface area contributed by atoms with Gasteiger partial charge in [-0.2, -0.15) is 5.10 Å². The minimum Gasteiger partial charge on any atom is -0.469 e. The zero-order valence-electron chi connectivity index (χ0n) is 9.33. The maximum Gasteiger partial charge on any atom is 0.312 e. The van der Waals surface area contributed by atoms with Crippen molar-refractivity contribution in [2.75, 3.05) is 13.7 Å². The highest BCUT2D eigenvalue weighted by atomic mass is 16.5. The molecule has 0 bridgehead atoms. The number of H-pyrrole nitrogens is 1. The fraction of sp³-hybridized carbons (Fsp3) is 0.600. The van der Waals surface area contributed by atoms with Crippen LogP contribution < -0.4 is 5.32 Å². The van der Waals surface area contributed by atoms with E-state index in [9.17, 15) is 4.79 Å². The van der Waals surface area contributed by atoms with Gasteiger partial charge in [0.1, 0.15) is 0 Å². The summed E-state index contributed by atoms with van der Waals surface area (Å²) in [6.45, 7) is 4.93. The van der Waals surface area contributed by atoms with Crippen molar-refractivity contribution in [3.05, 3.63) is 18.0 Å². The minimum absolute atomic E-state index is 0.209. The topological polar surface area (TPSA) is 67.0 Å². The van der Waals surface area contributed by atoms with Crippen LogP contribution in [0.3, 0.4) is 0 Å². The molecule has 0 unspecified atom stereocenters. The van der Waals surface area contributed by atoms with E-state index in [1.807, 2.05) is 19.9 Å². The van der Waals surface area contributed by atoms with Gasteiger partial charge >= 0.3 is 5.97 Å². The first-order valence-corrected chi connectivity index (χ1v) is 4.83. The highest BCUT2D eigenvalue weighted by Gasteiger charge is 2.27. The molecule has 2 N–H and O–H groups in total. The van der Waals surface area contributed by atoms with Crippen molar-refractivity contribution in [3.63, 3.8) is 0 Å². The number of carbonyl (C=O) groups is 1. The first kappa shape index (κ1) is 11.7. The quantitative estimate of drug-likeness (QED) is 0.703. The Labute approximate surface area is 89.2 Å². The second-order valence-electron chi connectivity index (χ2n) is 4.06. The molecule has 0 radical (unpaired) electrons. The molecule has 5 heteroatoms. The number of methoxy groups -OCH3 is 1. The lowest BCUT2D eigenvalue weighted by molar-refractivity contribution is -0.150. The van der Waals surface area contributed by atoms with Gasteiger partial charge < -0.3 is 10.1 Å². The number of aromatic nitrogens is 2. The average Bonchev–Trinajstić information content (AvgIpc) is 2.69. The van der Waals surface area contributed by atoms with Crippen molar-refractivity contribution in [3.8, 4) is 0 Å². The van der Waals surface area contributed by atoms with Gasteiger partial charge in [0, 0.05) is 25.0 Å². The number of carbonyl (C=O) groups excluding carboxylic acids is 1. The highest BCUT2D eigenvalue weighted by Crippen LogP contribution is 2.15. The van der Waals surface area contributed by atoms with Crippen LogP contribution in [0.1, 0.15) is 19.5 Å². The van der Waals surface area contributed by atoms with Crippen LogP contribution in [0.4, 0.5) is 0 Å². The fourth-order valence-corrected chi connectivity index (χ4v) is 1.24.